The van der Waals surface area contributed by atoms with E-state index < -0.39 is 23.5 Å². The highest BCUT2D eigenvalue weighted by molar-refractivity contribution is 5.61. The highest BCUT2D eigenvalue weighted by atomic mass is 19.4. The van der Waals surface area contributed by atoms with Gasteiger partial charge in [-0.05, 0) is 69.8 Å². The van der Waals surface area contributed by atoms with E-state index in [4.69, 9.17) is 0 Å². The van der Waals surface area contributed by atoms with E-state index in [1.807, 2.05) is 48.5 Å². The van der Waals surface area contributed by atoms with Crippen LogP contribution in [0.5, 0.6) is 0 Å². The van der Waals surface area contributed by atoms with Crippen LogP contribution in [0.2, 0.25) is 0 Å². The average Bonchev–Trinajstić information content (AvgIpc) is 3.70. The van der Waals surface area contributed by atoms with Crippen LogP contribution in [-0.4, -0.2) is 40.8 Å². The summed E-state index contributed by atoms with van der Waals surface area (Å²) in [6.45, 7) is 0. The fourth-order valence-electron chi connectivity index (χ4n) is 4.52. The van der Waals surface area contributed by atoms with Crippen LogP contribution in [0.25, 0.3) is 22.8 Å². The van der Waals surface area contributed by atoms with Gasteiger partial charge in [-0.2, -0.15) is 36.4 Å². The number of nitrogens with one attached hydrogen (secondary N) is 1. The number of tetrazole rings is 2. The Morgan fingerprint density at radius 2 is 1.07 bits per heavy atom. The van der Waals surface area contributed by atoms with Crippen molar-refractivity contribution in [3.63, 3.8) is 0 Å². The molecule has 2 heterocycles. The highest BCUT2D eigenvalue weighted by Gasteiger charge is 2.30. The molecule has 1 N–H and O–H groups in total. The maximum absolute atomic E-state index is 12.6. The second-order valence-corrected chi connectivity index (χ2v) is 9.90. The Labute approximate surface area is 252 Å². The number of rotatable bonds is 6. The Morgan fingerprint density at radius 1 is 0.600 bits per heavy atom. The molecular weight excluding hydrogens is 598 g/mol. The number of hydrogen-bond donors (Lipinski definition) is 1. The molecule has 0 atom stereocenters. The minimum Gasteiger partial charge on any atom is -0.177 e. The van der Waals surface area contributed by atoms with Gasteiger partial charge in [-0.25, -0.2) is 0 Å². The van der Waals surface area contributed by atoms with Gasteiger partial charge >= 0.3 is 12.4 Å². The first-order valence-electron chi connectivity index (χ1n) is 13.4. The van der Waals surface area contributed by atoms with Gasteiger partial charge in [-0.15, -0.1) is 20.4 Å². The van der Waals surface area contributed by atoms with Gasteiger partial charge in [0, 0.05) is 11.1 Å². The summed E-state index contributed by atoms with van der Waals surface area (Å²) in [7, 11) is 1.68. The molecular formula is C31H24F6N8. The van der Waals surface area contributed by atoms with E-state index in [0.717, 1.165) is 57.6 Å². The van der Waals surface area contributed by atoms with Crippen molar-refractivity contribution >= 4 is 0 Å². The average molecular weight is 623 g/mol. The fourth-order valence-corrected chi connectivity index (χ4v) is 4.52. The molecule has 0 spiro atoms. The van der Waals surface area contributed by atoms with E-state index in [1.165, 1.54) is 29.1 Å². The SMILES string of the molecule is Cn1nnc(-c2ccccc2Cc2ccc(C(F)(F)F)cc2)n1.FC(F)(F)c1ccc(Cc2ccccc2-c2nn[nH]n2)cc1. The summed E-state index contributed by atoms with van der Waals surface area (Å²) < 4.78 is 75.5. The minimum atomic E-state index is -4.32. The van der Waals surface area contributed by atoms with E-state index in [1.54, 1.807) is 7.05 Å². The molecule has 0 amide bonds. The van der Waals surface area contributed by atoms with Gasteiger partial charge in [0.05, 0.1) is 18.2 Å². The van der Waals surface area contributed by atoms with Crippen LogP contribution < -0.4 is 0 Å². The minimum absolute atomic E-state index is 0.461. The van der Waals surface area contributed by atoms with Crippen LogP contribution in [0.3, 0.4) is 0 Å². The first-order chi connectivity index (χ1) is 21.5. The third-order valence-corrected chi connectivity index (χ3v) is 6.72. The summed E-state index contributed by atoms with van der Waals surface area (Å²) in [5.41, 5.74) is 3.74. The van der Waals surface area contributed by atoms with Gasteiger partial charge in [0.1, 0.15) is 0 Å². The lowest BCUT2D eigenvalue weighted by Gasteiger charge is -2.09. The largest absolute Gasteiger partial charge is 0.416 e. The Hall–Kier alpha value is -5.40. The topological polar surface area (TPSA) is 98.1 Å². The zero-order valence-electron chi connectivity index (χ0n) is 23.6. The molecule has 8 nitrogen and oxygen atoms in total. The number of aromatic amines is 1. The maximum atomic E-state index is 12.6. The molecule has 14 heteroatoms. The molecule has 45 heavy (non-hydrogen) atoms. The number of alkyl halides is 6. The van der Waals surface area contributed by atoms with Crippen molar-refractivity contribution in [1.29, 1.82) is 0 Å². The Kier molecular flexibility index (Phi) is 9.02. The summed E-state index contributed by atoms with van der Waals surface area (Å²) >= 11 is 0. The predicted octanol–water partition coefficient (Wildman–Crippen LogP) is 6.96. The smallest absolute Gasteiger partial charge is 0.177 e. The summed E-state index contributed by atoms with van der Waals surface area (Å²) in [4.78, 5) is 1.37. The van der Waals surface area contributed by atoms with E-state index in [2.05, 4.69) is 36.0 Å². The first kappa shape index (κ1) is 31.0. The molecule has 0 radical (unpaired) electrons. The molecule has 4 aromatic carbocycles. The van der Waals surface area contributed by atoms with Crippen molar-refractivity contribution < 1.29 is 26.3 Å². The molecule has 0 unspecified atom stereocenters. The third-order valence-electron chi connectivity index (χ3n) is 6.72. The van der Waals surface area contributed by atoms with Crippen LogP contribution in [-0.2, 0) is 32.2 Å². The molecule has 0 aliphatic carbocycles. The molecule has 0 fully saturated rings. The van der Waals surface area contributed by atoms with Crippen LogP contribution >= 0.6 is 0 Å². The molecule has 2 aromatic heterocycles. The van der Waals surface area contributed by atoms with E-state index in [0.29, 0.717) is 24.5 Å². The number of aryl methyl sites for hydroxylation is 1. The molecule has 230 valence electrons. The van der Waals surface area contributed by atoms with Crippen molar-refractivity contribution in [3.05, 3.63) is 130 Å². The number of halogens is 6. The van der Waals surface area contributed by atoms with Crippen LogP contribution in [0.1, 0.15) is 33.4 Å². The Balaban J connectivity index is 0.000000178. The van der Waals surface area contributed by atoms with Gasteiger partial charge in [-0.3, -0.25) is 0 Å². The second-order valence-electron chi connectivity index (χ2n) is 9.90. The molecule has 0 saturated heterocycles. The zero-order valence-corrected chi connectivity index (χ0v) is 23.6. The Bertz CT molecular complexity index is 1830. The van der Waals surface area contributed by atoms with E-state index in [-0.39, 0.29) is 0 Å². The molecule has 6 rings (SSSR count). The lowest BCUT2D eigenvalue weighted by atomic mass is 9.98. The summed E-state index contributed by atoms with van der Waals surface area (Å²) in [6.07, 6.45) is -7.66. The van der Waals surface area contributed by atoms with Gasteiger partial charge in [0.2, 0.25) is 11.6 Å². The first-order valence-corrected chi connectivity index (χ1v) is 13.4. The number of nitrogens with zero attached hydrogens (tertiary/aromatic N) is 7. The molecule has 0 bridgehead atoms. The summed E-state index contributed by atoms with van der Waals surface area (Å²) in [5, 5.41) is 25.8. The number of aromatic nitrogens is 8. The van der Waals surface area contributed by atoms with Crippen molar-refractivity contribution in [1.82, 2.24) is 40.8 Å². The van der Waals surface area contributed by atoms with E-state index >= 15 is 0 Å². The normalized spacial score (nSPS) is 11.6. The highest BCUT2D eigenvalue weighted by Crippen LogP contribution is 2.31. The fraction of sp³-hybridized carbons (Fsp3) is 0.161. The van der Waals surface area contributed by atoms with Crippen LogP contribution in [0.4, 0.5) is 26.3 Å². The number of benzene rings is 4. The molecule has 0 saturated carbocycles. The lowest BCUT2D eigenvalue weighted by molar-refractivity contribution is -0.138. The van der Waals surface area contributed by atoms with Gasteiger partial charge in [0.25, 0.3) is 0 Å². The second kappa shape index (κ2) is 13.1. The van der Waals surface area contributed by atoms with Crippen LogP contribution in [0.15, 0.2) is 97.1 Å². The number of H-pyrrole nitrogens is 1. The van der Waals surface area contributed by atoms with Crippen molar-refractivity contribution in [2.75, 3.05) is 0 Å². The van der Waals surface area contributed by atoms with Crippen molar-refractivity contribution in [2.24, 2.45) is 7.05 Å². The van der Waals surface area contributed by atoms with Gasteiger partial charge in [-0.1, -0.05) is 72.8 Å². The predicted molar refractivity (Wildman–Crippen MR) is 152 cm³/mol. The van der Waals surface area contributed by atoms with Gasteiger partial charge in [0.15, 0.2) is 0 Å². The molecule has 0 aliphatic rings. The zero-order chi connectivity index (χ0) is 32.0. The molecule has 6 aromatic rings. The van der Waals surface area contributed by atoms with E-state index in [9.17, 15) is 26.3 Å². The van der Waals surface area contributed by atoms with Crippen LogP contribution in [0, 0.1) is 0 Å². The van der Waals surface area contributed by atoms with Gasteiger partial charge < -0.3 is 0 Å². The third kappa shape index (κ3) is 7.96. The quantitative estimate of drug-likeness (QED) is 0.202. The van der Waals surface area contributed by atoms with Crippen molar-refractivity contribution in [2.45, 2.75) is 25.2 Å². The summed E-state index contributed by atoms with van der Waals surface area (Å²) in [5.74, 6) is 0.956. The standard InChI is InChI=1S/C16H13F3N4.C15H11F3N4/c1-23-21-15(20-22-23)14-5-3-2-4-12(14)10-11-6-8-13(9-7-11)16(17,18)19;16-15(17,18)12-7-5-10(6-8-12)9-11-3-1-2-4-13(11)14-19-21-22-20-14/h2-9H,10H2,1H3;1-8H,9H2,(H,19,20,21,22). The Morgan fingerprint density at radius 3 is 1.47 bits per heavy atom. The lowest BCUT2D eigenvalue weighted by Crippen LogP contribution is -2.04. The maximum Gasteiger partial charge on any atom is 0.416 e. The molecule has 0 aliphatic heterocycles. The summed E-state index contributed by atoms with van der Waals surface area (Å²) in [6, 6.07) is 25.3. The number of hydrogen-bond acceptors (Lipinski definition) is 6. The van der Waals surface area contributed by atoms with Crippen molar-refractivity contribution in [3.8, 4) is 22.8 Å². The monoisotopic (exact) mass is 622 g/mol.